The summed E-state index contributed by atoms with van der Waals surface area (Å²) in [4.78, 5) is 2.45. The van der Waals surface area contributed by atoms with Gasteiger partial charge in [0, 0.05) is 12.2 Å². The molecule has 1 heteroatoms. The van der Waals surface area contributed by atoms with Crippen molar-refractivity contribution in [2.24, 2.45) is 0 Å². The van der Waals surface area contributed by atoms with E-state index in [1.165, 1.54) is 16.8 Å². The van der Waals surface area contributed by atoms with E-state index in [4.69, 9.17) is 0 Å². The summed E-state index contributed by atoms with van der Waals surface area (Å²) in [6.07, 6.45) is 2.36. The molecule has 0 N–H and O–H groups in total. The van der Waals surface area contributed by atoms with Crippen LogP contribution in [0.2, 0.25) is 0 Å². The first-order valence-electron chi connectivity index (χ1n) is 5.05. The third-order valence-electron chi connectivity index (χ3n) is 3.12. The molecule has 0 amide bonds. The zero-order valence-corrected chi connectivity index (χ0v) is 9.73. The van der Waals surface area contributed by atoms with Crippen LogP contribution in [0.3, 0.4) is 0 Å². The summed E-state index contributed by atoms with van der Waals surface area (Å²) in [6.45, 7) is 14.5. The summed E-state index contributed by atoms with van der Waals surface area (Å²) in [5.74, 6) is 0. The van der Waals surface area contributed by atoms with E-state index in [9.17, 15) is 0 Å². The lowest BCUT2D eigenvalue weighted by atomic mass is 9.90. The van der Waals surface area contributed by atoms with Gasteiger partial charge in [0.1, 0.15) is 0 Å². The molecule has 0 saturated carbocycles. The van der Waals surface area contributed by atoms with Crippen LogP contribution in [0, 0.1) is 0 Å². The molecule has 13 heavy (non-hydrogen) atoms. The maximum absolute atomic E-state index is 2.45. The Morgan fingerprint density at radius 3 is 2.23 bits per heavy atom. The minimum atomic E-state index is 0.183. The van der Waals surface area contributed by atoms with Crippen LogP contribution in [0.4, 0.5) is 0 Å². The molecular weight excluding hydrogens is 158 g/mol. The molecule has 0 radical (unpaired) electrons. The van der Waals surface area contributed by atoms with E-state index >= 15 is 0 Å². The SMILES string of the molecule is CCN1C(C)=C(C)C(C)=CC1(C)C. The Balaban J connectivity index is 3.15. The van der Waals surface area contributed by atoms with E-state index in [0.717, 1.165) is 6.54 Å². The Bertz CT molecular complexity index is 269. The lowest BCUT2D eigenvalue weighted by Gasteiger charge is -2.42. The predicted octanol–water partition coefficient (Wildman–Crippen LogP) is 3.34. The molecule has 1 aliphatic heterocycles. The van der Waals surface area contributed by atoms with E-state index in [-0.39, 0.29) is 5.54 Å². The molecule has 1 rings (SSSR count). The van der Waals surface area contributed by atoms with Crippen molar-refractivity contribution in [1.29, 1.82) is 0 Å². The van der Waals surface area contributed by atoms with Crippen LogP contribution >= 0.6 is 0 Å². The van der Waals surface area contributed by atoms with E-state index in [1.807, 2.05) is 0 Å². The Morgan fingerprint density at radius 2 is 1.77 bits per heavy atom. The van der Waals surface area contributed by atoms with Crippen molar-refractivity contribution in [2.75, 3.05) is 6.54 Å². The van der Waals surface area contributed by atoms with Crippen molar-refractivity contribution >= 4 is 0 Å². The maximum Gasteiger partial charge on any atom is 0.0531 e. The normalized spacial score (nSPS) is 22.0. The Morgan fingerprint density at radius 1 is 1.23 bits per heavy atom. The van der Waals surface area contributed by atoms with E-state index < -0.39 is 0 Å². The van der Waals surface area contributed by atoms with Crippen LogP contribution in [0.25, 0.3) is 0 Å². The average molecular weight is 179 g/mol. The van der Waals surface area contributed by atoms with Gasteiger partial charge in [-0.3, -0.25) is 0 Å². The van der Waals surface area contributed by atoms with Crippen LogP contribution in [-0.2, 0) is 0 Å². The number of allylic oxidation sites excluding steroid dienone is 3. The molecule has 0 aromatic rings. The number of hydrogen-bond donors (Lipinski definition) is 0. The highest BCUT2D eigenvalue weighted by Gasteiger charge is 2.28. The number of nitrogens with zero attached hydrogens (tertiary/aromatic N) is 1. The summed E-state index contributed by atoms with van der Waals surface area (Å²) in [5, 5.41) is 0. The van der Waals surface area contributed by atoms with Crippen LogP contribution in [-0.4, -0.2) is 17.0 Å². The minimum Gasteiger partial charge on any atom is -0.367 e. The topological polar surface area (TPSA) is 3.24 Å². The molecule has 0 fully saturated rings. The first kappa shape index (κ1) is 10.4. The highest BCUT2D eigenvalue weighted by Crippen LogP contribution is 2.32. The summed E-state index contributed by atoms with van der Waals surface area (Å²) in [6, 6.07) is 0. The number of likely N-dealkylation sites (N-methyl/N-ethyl adjacent to an activating group) is 1. The van der Waals surface area contributed by atoms with Gasteiger partial charge in [-0.15, -0.1) is 0 Å². The van der Waals surface area contributed by atoms with Crippen molar-refractivity contribution in [3.05, 3.63) is 22.9 Å². The van der Waals surface area contributed by atoms with Gasteiger partial charge < -0.3 is 4.90 Å². The van der Waals surface area contributed by atoms with Crippen molar-refractivity contribution in [1.82, 2.24) is 4.90 Å². The van der Waals surface area contributed by atoms with Crippen molar-refractivity contribution in [2.45, 2.75) is 47.1 Å². The van der Waals surface area contributed by atoms with E-state index in [2.05, 4.69) is 52.5 Å². The van der Waals surface area contributed by atoms with Gasteiger partial charge in [-0.25, -0.2) is 0 Å². The second kappa shape index (κ2) is 3.21. The van der Waals surface area contributed by atoms with Crippen LogP contribution in [0.1, 0.15) is 41.5 Å². The first-order chi connectivity index (χ1) is 5.90. The molecule has 0 aromatic heterocycles. The molecule has 1 nitrogen and oxygen atoms in total. The monoisotopic (exact) mass is 179 g/mol. The summed E-state index contributed by atoms with van der Waals surface area (Å²) >= 11 is 0. The quantitative estimate of drug-likeness (QED) is 0.596. The van der Waals surface area contributed by atoms with Crippen LogP contribution in [0.15, 0.2) is 22.9 Å². The van der Waals surface area contributed by atoms with Gasteiger partial charge >= 0.3 is 0 Å². The fourth-order valence-corrected chi connectivity index (χ4v) is 2.28. The largest absolute Gasteiger partial charge is 0.367 e. The second-order valence-corrected chi connectivity index (χ2v) is 4.44. The highest BCUT2D eigenvalue weighted by atomic mass is 15.2. The van der Waals surface area contributed by atoms with Gasteiger partial charge in [-0.2, -0.15) is 0 Å². The zero-order chi connectivity index (χ0) is 10.2. The maximum atomic E-state index is 2.45. The number of rotatable bonds is 1. The second-order valence-electron chi connectivity index (χ2n) is 4.44. The molecule has 74 valence electrons. The van der Waals surface area contributed by atoms with E-state index in [0.29, 0.717) is 0 Å². The molecular formula is C12H21N. The zero-order valence-electron chi connectivity index (χ0n) is 9.73. The molecule has 0 spiro atoms. The first-order valence-corrected chi connectivity index (χ1v) is 5.05. The fraction of sp³-hybridized carbons (Fsp3) is 0.667. The standard InChI is InChI=1S/C12H21N/c1-7-13-11(4)10(3)9(2)8-12(13,5)6/h8H,7H2,1-6H3. The van der Waals surface area contributed by atoms with Crippen molar-refractivity contribution in [3.8, 4) is 0 Å². The van der Waals surface area contributed by atoms with Gasteiger partial charge in [-0.05, 0) is 52.7 Å². The lowest BCUT2D eigenvalue weighted by Crippen LogP contribution is -2.43. The average Bonchev–Trinajstić information content (AvgIpc) is 2.00. The molecule has 0 unspecified atom stereocenters. The smallest absolute Gasteiger partial charge is 0.0531 e. The minimum absolute atomic E-state index is 0.183. The van der Waals surface area contributed by atoms with Gasteiger partial charge in [0.05, 0.1) is 5.54 Å². The third-order valence-corrected chi connectivity index (χ3v) is 3.12. The highest BCUT2D eigenvalue weighted by molar-refractivity contribution is 5.38. The van der Waals surface area contributed by atoms with Crippen LogP contribution < -0.4 is 0 Å². The number of hydrogen-bond acceptors (Lipinski definition) is 1. The third kappa shape index (κ3) is 1.65. The van der Waals surface area contributed by atoms with Crippen LogP contribution in [0.5, 0.6) is 0 Å². The molecule has 0 aromatic carbocycles. The van der Waals surface area contributed by atoms with Gasteiger partial charge in [0.25, 0.3) is 0 Å². The molecule has 0 bridgehead atoms. The van der Waals surface area contributed by atoms with Gasteiger partial charge in [-0.1, -0.05) is 6.08 Å². The molecule has 0 atom stereocenters. The molecule has 1 aliphatic rings. The molecule has 0 saturated heterocycles. The lowest BCUT2D eigenvalue weighted by molar-refractivity contribution is 0.217. The Kier molecular flexibility index (Phi) is 2.56. The van der Waals surface area contributed by atoms with E-state index in [1.54, 1.807) is 0 Å². The van der Waals surface area contributed by atoms with Crippen molar-refractivity contribution in [3.63, 3.8) is 0 Å². The van der Waals surface area contributed by atoms with Gasteiger partial charge in [0.2, 0.25) is 0 Å². The fourth-order valence-electron chi connectivity index (χ4n) is 2.28. The summed E-state index contributed by atoms with van der Waals surface area (Å²) < 4.78 is 0. The summed E-state index contributed by atoms with van der Waals surface area (Å²) in [5.41, 5.74) is 4.46. The predicted molar refractivity (Wildman–Crippen MR) is 58.6 cm³/mol. The molecule has 1 heterocycles. The summed E-state index contributed by atoms with van der Waals surface area (Å²) in [7, 11) is 0. The van der Waals surface area contributed by atoms with Crippen molar-refractivity contribution < 1.29 is 0 Å². The van der Waals surface area contributed by atoms with Gasteiger partial charge in [0.15, 0.2) is 0 Å². The Hall–Kier alpha value is -0.720. The molecule has 0 aliphatic carbocycles. The Labute approximate surface area is 82.1 Å².